The van der Waals surface area contributed by atoms with Crippen molar-refractivity contribution in [3.05, 3.63) is 47.0 Å². The molecular formula is C13H13NOS. The van der Waals surface area contributed by atoms with Crippen molar-refractivity contribution in [2.75, 3.05) is 6.61 Å². The molecule has 2 heterocycles. The second-order valence-electron chi connectivity index (χ2n) is 3.91. The first-order valence-corrected chi connectivity index (χ1v) is 6.23. The maximum atomic E-state index is 6.18. The summed E-state index contributed by atoms with van der Waals surface area (Å²) in [5.74, 6) is 0.923. The van der Waals surface area contributed by atoms with Crippen molar-refractivity contribution in [3.63, 3.8) is 0 Å². The van der Waals surface area contributed by atoms with E-state index in [2.05, 4.69) is 36.4 Å². The highest BCUT2D eigenvalue weighted by Crippen LogP contribution is 2.33. The topological polar surface area (TPSA) is 35.2 Å². The van der Waals surface area contributed by atoms with Gasteiger partial charge in [-0.05, 0) is 23.6 Å². The van der Waals surface area contributed by atoms with Crippen molar-refractivity contribution >= 4 is 21.4 Å². The molecule has 1 atom stereocenters. The summed E-state index contributed by atoms with van der Waals surface area (Å²) < 4.78 is 6.79. The van der Waals surface area contributed by atoms with Gasteiger partial charge in [0.25, 0.3) is 0 Å². The number of ether oxygens (including phenoxy) is 1. The molecule has 0 radical (unpaired) electrons. The lowest BCUT2D eigenvalue weighted by atomic mass is 10.2. The van der Waals surface area contributed by atoms with Gasteiger partial charge in [0.15, 0.2) is 0 Å². The van der Waals surface area contributed by atoms with Crippen LogP contribution in [0.3, 0.4) is 0 Å². The van der Waals surface area contributed by atoms with Crippen LogP contribution < -0.4 is 5.73 Å². The molecule has 2 aromatic rings. The van der Waals surface area contributed by atoms with Crippen LogP contribution in [0.15, 0.2) is 42.2 Å². The number of benzene rings is 1. The molecule has 0 saturated heterocycles. The highest BCUT2D eigenvalue weighted by molar-refractivity contribution is 7.19. The van der Waals surface area contributed by atoms with Crippen molar-refractivity contribution in [2.24, 2.45) is 5.73 Å². The van der Waals surface area contributed by atoms with E-state index in [1.807, 2.05) is 0 Å². The van der Waals surface area contributed by atoms with Crippen LogP contribution in [0.25, 0.3) is 10.1 Å². The summed E-state index contributed by atoms with van der Waals surface area (Å²) in [4.78, 5) is 1.18. The van der Waals surface area contributed by atoms with Gasteiger partial charge in [0.2, 0.25) is 0 Å². The first-order valence-electron chi connectivity index (χ1n) is 5.41. The molecule has 2 nitrogen and oxygen atoms in total. The van der Waals surface area contributed by atoms with Crippen LogP contribution >= 0.6 is 11.3 Å². The Bertz CT molecular complexity index is 511. The fourth-order valence-electron chi connectivity index (χ4n) is 1.95. The first-order chi connectivity index (χ1) is 7.84. The van der Waals surface area contributed by atoms with Gasteiger partial charge < -0.3 is 10.5 Å². The Labute approximate surface area is 98.3 Å². The highest BCUT2D eigenvalue weighted by atomic mass is 32.1. The highest BCUT2D eigenvalue weighted by Gasteiger charge is 2.18. The summed E-state index contributed by atoms with van der Waals surface area (Å²) in [5.41, 5.74) is 6.18. The smallest absolute Gasteiger partial charge is 0.114 e. The molecule has 3 rings (SSSR count). The molecule has 1 aliphatic rings. The van der Waals surface area contributed by atoms with E-state index in [1.54, 1.807) is 11.3 Å². The molecule has 0 fully saturated rings. The van der Waals surface area contributed by atoms with Crippen molar-refractivity contribution in [3.8, 4) is 0 Å². The van der Waals surface area contributed by atoms with Gasteiger partial charge in [0, 0.05) is 16.0 Å². The van der Waals surface area contributed by atoms with Crippen LogP contribution in [0.4, 0.5) is 0 Å². The van der Waals surface area contributed by atoms with Gasteiger partial charge in [0.05, 0.1) is 12.6 Å². The van der Waals surface area contributed by atoms with Gasteiger partial charge in [-0.1, -0.05) is 18.2 Å². The number of fused-ring (bicyclic) bond motifs is 1. The fraction of sp³-hybridized carbons (Fsp3) is 0.231. The number of hydrogen-bond acceptors (Lipinski definition) is 3. The Balaban J connectivity index is 1.99. The average molecular weight is 231 g/mol. The standard InChI is InChI=1S/C13H13NOS/c14-13(10-5-3-7-15-10)12-8-9-4-1-2-6-11(9)16-12/h1-2,4-6,8,13H,3,7,14H2. The summed E-state index contributed by atoms with van der Waals surface area (Å²) in [6, 6.07) is 10.4. The Morgan fingerprint density at radius 2 is 2.19 bits per heavy atom. The van der Waals surface area contributed by atoms with E-state index in [-0.39, 0.29) is 6.04 Å². The monoisotopic (exact) mass is 231 g/mol. The van der Waals surface area contributed by atoms with Crippen LogP contribution in [0.1, 0.15) is 17.3 Å². The molecule has 2 N–H and O–H groups in total. The lowest BCUT2D eigenvalue weighted by molar-refractivity contribution is 0.226. The lowest BCUT2D eigenvalue weighted by Crippen LogP contribution is -2.11. The Morgan fingerprint density at radius 3 is 2.94 bits per heavy atom. The van der Waals surface area contributed by atoms with E-state index in [4.69, 9.17) is 10.5 Å². The SMILES string of the molecule is NC(C1=CCCO1)c1cc2ccccc2s1. The van der Waals surface area contributed by atoms with Crippen LogP contribution in [0.2, 0.25) is 0 Å². The van der Waals surface area contributed by atoms with E-state index in [1.165, 1.54) is 15.0 Å². The van der Waals surface area contributed by atoms with Crippen molar-refractivity contribution in [1.29, 1.82) is 0 Å². The van der Waals surface area contributed by atoms with Gasteiger partial charge in [-0.3, -0.25) is 0 Å². The molecule has 0 spiro atoms. The number of hydrogen-bond donors (Lipinski definition) is 1. The van der Waals surface area contributed by atoms with Crippen molar-refractivity contribution in [2.45, 2.75) is 12.5 Å². The Hall–Kier alpha value is -1.32. The predicted octanol–water partition coefficient (Wildman–Crippen LogP) is 3.21. The van der Waals surface area contributed by atoms with Gasteiger partial charge >= 0.3 is 0 Å². The van der Waals surface area contributed by atoms with E-state index < -0.39 is 0 Å². The van der Waals surface area contributed by atoms with Crippen LogP contribution in [0, 0.1) is 0 Å². The average Bonchev–Trinajstić information content (AvgIpc) is 2.97. The summed E-state index contributed by atoms with van der Waals surface area (Å²) in [7, 11) is 0. The summed E-state index contributed by atoms with van der Waals surface area (Å²) >= 11 is 1.75. The summed E-state index contributed by atoms with van der Waals surface area (Å²) in [5, 5.41) is 1.26. The van der Waals surface area contributed by atoms with Crippen LogP contribution in [0.5, 0.6) is 0 Å². The zero-order valence-electron chi connectivity index (χ0n) is 8.85. The van der Waals surface area contributed by atoms with E-state index in [0.29, 0.717) is 0 Å². The third kappa shape index (κ3) is 1.62. The Morgan fingerprint density at radius 1 is 1.31 bits per heavy atom. The largest absolute Gasteiger partial charge is 0.496 e. The van der Waals surface area contributed by atoms with Crippen molar-refractivity contribution in [1.82, 2.24) is 0 Å². The van der Waals surface area contributed by atoms with Crippen molar-refractivity contribution < 1.29 is 4.74 Å². The van der Waals surface area contributed by atoms with Gasteiger partial charge in [-0.15, -0.1) is 11.3 Å². The first kappa shape index (κ1) is 9.87. The molecule has 0 saturated carbocycles. The number of nitrogens with two attached hydrogens (primary N) is 1. The zero-order chi connectivity index (χ0) is 11.0. The molecule has 1 unspecified atom stereocenters. The third-order valence-corrected chi connectivity index (χ3v) is 3.99. The van der Waals surface area contributed by atoms with E-state index >= 15 is 0 Å². The van der Waals surface area contributed by atoms with Gasteiger partial charge in [-0.25, -0.2) is 0 Å². The minimum absolute atomic E-state index is 0.0973. The number of thiophene rings is 1. The maximum Gasteiger partial charge on any atom is 0.114 e. The fourth-order valence-corrected chi connectivity index (χ4v) is 3.02. The maximum absolute atomic E-state index is 6.18. The quantitative estimate of drug-likeness (QED) is 0.861. The van der Waals surface area contributed by atoms with E-state index in [9.17, 15) is 0 Å². The normalized spacial score (nSPS) is 17.2. The second-order valence-corrected chi connectivity index (χ2v) is 5.02. The zero-order valence-corrected chi connectivity index (χ0v) is 9.67. The molecule has 0 aliphatic carbocycles. The third-order valence-electron chi connectivity index (χ3n) is 2.79. The van der Waals surface area contributed by atoms with Crippen LogP contribution in [-0.2, 0) is 4.74 Å². The van der Waals surface area contributed by atoms with Gasteiger partial charge in [0.1, 0.15) is 5.76 Å². The molecule has 1 aliphatic heterocycles. The van der Waals surface area contributed by atoms with Gasteiger partial charge in [-0.2, -0.15) is 0 Å². The van der Waals surface area contributed by atoms with E-state index in [0.717, 1.165) is 18.8 Å². The predicted molar refractivity (Wildman–Crippen MR) is 67.4 cm³/mol. The molecule has 16 heavy (non-hydrogen) atoms. The molecular weight excluding hydrogens is 218 g/mol. The summed E-state index contributed by atoms with van der Waals surface area (Å²) in [6.45, 7) is 0.772. The molecule has 1 aromatic heterocycles. The summed E-state index contributed by atoms with van der Waals surface area (Å²) in [6.07, 6.45) is 3.07. The second kappa shape index (κ2) is 3.92. The minimum Gasteiger partial charge on any atom is -0.496 e. The molecule has 0 bridgehead atoms. The number of rotatable bonds is 2. The van der Waals surface area contributed by atoms with Crippen LogP contribution in [-0.4, -0.2) is 6.61 Å². The Kier molecular flexibility index (Phi) is 2.42. The lowest BCUT2D eigenvalue weighted by Gasteiger charge is -2.10. The molecule has 1 aromatic carbocycles. The molecule has 3 heteroatoms. The minimum atomic E-state index is -0.0973. The molecule has 82 valence electrons. The molecule has 0 amide bonds.